The van der Waals surface area contributed by atoms with Gasteiger partial charge in [-0.15, -0.1) is 0 Å². The summed E-state index contributed by atoms with van der Waals surface area (Å²) < 4.78 is 40.0. The van der Waals surface area contributed by atoms with Crippen LogP contribution in [-0.4, -0.2) is 25.7 Å². The summed E-state index contributed by atoms with van der Waals surface area (Å²) in [5, 5.41) is 6.10. The topological polar surface area (TPSA) is 95.6 Å². The fraction of sp³-hybridized carbons (Fsp3) is 0.462. The molecule has 0 aliphatic heterocycles. The quantitative estimate of drug-likeness (QED) is 0.771. The summed E-state index contributed by atoms with van der Waals surface area (Å²) in [6.45, 7) is -0.208. The zero-order valence-electron chi connectivity index (χ0n) is 12.0. The van der Waals surface area contributed by atoms with E-state index in [1.165, 1.54) is 6.20 Å². The molecule has 0 saturated heterocycles. The molecule has 3 rings (SSSR count). The highest BCUT2D eigenvalue weighted by atomic mass is 19.4. The van der Waals surface area contributed by atoms with Crippen molar-refractivity contribution in [1.82, 2.24) is 25.1 Å². The standard InChI is InChI=1S/C13H14F3N5O2/c14-13(15,16)11-8-2-1-3-9(8)21(20-11)6-10(22)17-4-7-5-18-12(23)19-7/h5H,1-4,6H2,(H,17,22)(H2,18,19,23). The lowest BCUT2D eigenvalue weighted by Crippen LogP contribution is -2.28. The minimum absolute atomic E-state index is 0.0765. The maximum Gasteiger partial charge on any atom is 0.435 e. The highest BCUT2D eigenvalue weighted by Gasteiger charge is 2.40. The molecular weight excluding hydrogens is 315 g/mol. The van der Waals surface area contributed by atoms with Crippen LogP contribution in [0.3, 0.4) is 0 Å². The van der Waals surface area contributed by atoms with Crippen molar-refractivity contribution in [2.45, 2.75) is 38.5 Å². The molecule has 2 heterocycles. The van der Waals surface area contributed by atoms with E-state index in [4.69, 9.17) is 0 Å². The number of hydrogen-bond donors (Lipinski definition) is 3. The Morgan fingerprint density at radius 1 is 1.39 bits per heavy atom. The van der Waals surface area contributed by atoms with Crippen molar-refractivity contribution in [2.75, 3.05) is 0 Å². The van der Waals surface area contributed by atoms with Crippen LogP contribution in [0.5, 0.6) is 0 Å². The number of imidazole rings is 1. The van der Waals surface area contributed by atoms with Crippen LogP contribution in [0, 0.1) is 0 Å². The molecule has 0 aromatic carbocycles. The summed E-state index contributed by atoms with van der Waals surface area (Å²) in [5.41, 5.74) is -0.144. The first-order valence-corrected chi connectivity index (χ1v) is 7.03. The molecule has 0 spiro atoms. The van der Waals surface area contributed by atoms with Gasteiger partial charge in [0.25, 0.3) is 0 Å². The number of rotatable bonds is 4. The van der Waals surface area contributed by atoms with Crippen LogP contribution < -0.4 is 11.0 Å². The van der Waals surface area contributed by atoms with Crippen molar-refractivity contribution >= 4 is 5.91 Å². The van der Waals surface area contributed by atoms with Crippen LogP contribution in [0.15, 0.2) is 11.0 Å². The Morgan fingerprint density at radius 2 is 2.17 bits per heavy atom. The van der Waals surface area contributed by atoms with Gasteiger partial charge in [-0.1, -0.05) is 0 Å². The van der Waals surface area contributed by atoms with Crippen molar-refractivity contribution in [2.24, 2.45) is 0 Å². The highest BCUT2D eigenvalue weighted by Crippen LogP contribution is 2.36. The third-order valence-corrected chi connectivity index (χ3v) is 3.70. The van der Waals surface area contributed by atoms with Crippen molar-refractivity contribution in [3.8, 4) is 0 Å². The average molecular weight is 329 g/mol. The molecular formula is C13H14F3N5O2. The average Bonchev–Trinajstić information content (AvgIpc) is 3.13. The lowest BCUT2D eigenvalue weighted by Gasteiger charge is -2.07. The maximum absolute atomic E-state index is 13.0. The Hall–Kier alpha value is -2.52. The Morgan fingerprint density at radius 3 is 2.83 bits per heavy atom. The number of H-pyrrole nitrogens is 2. The number of carbonyl (C=O) groups excluding carboxylic acids is 1. The van der Waals surface area contributed by atoms with Crippen LogP contribution in [0.4, 0.5) is 13.2 Å². The fourth-order valence-electron chi connectivity index (χ4n) is 2.72. The molecule has 3 N–H and O–H groups in total. The van der Waals surface area contributed by atoms with Crippen LogP contribution in [0.1, 0.15) is 29.1 Å². The Labute approximate surface area is 127 Å². The molecule has 1 aliphatic carbocycles. The summed E-state index contributed by atoms with van der Waals surface area (Å²) in [6, 6.07) is 0. The first-order chi connectivity index (χ1) is 10.8. The molecule has 10 heteroatoms. The number of nitrogens with zero attached hydrogens (tertiary/aromatic N) is 2. The van der Waals surface area contributed by atoms with E-state index in [0.717, 1.165) is 4.68 Å². The third-order valence-electron chi connectivity index (χ3n) is 3.70. The predicted molar refractivity (Wildman–Crippen MR) is 72.5 cm³/mol. The molecule has 0 fully saturated rings. The summed E-state index contributed by atoms with van der Waals surface area (Å²) >= 11 is 0. The highest BCUT2D eigenvalue weighted by molar-refractivity contribution is 5.75. The summed E-state index contributed by atoms with van der Waals surface area (Å²) in [4.78, 5) is 27.7. The molecule has 2 aromatic heterocycles. The first-order valence-electron chi connectivity index (χ1n) is 7.03. The molecule has 124 valence electrons. The summed E-state index contributed by atoms with van der Waals surface area (Å²) in [7, 11) is 0. The van der Waals surface area contributed by atoms with E-state index < -0.39 is 23.5 Å². The van der Waals surface area contributed by atoms with Crippen molar-refractivity contribution in [3.05, 3.63) is 39.3 Å². The van der Waals surface area contributed by atoms with E-state index in [2.05, 4.69) is 20.4 Å². The van der Waals surface area contributed by atoms with E-state index >= 15 is 0 Å². The van der Waals surface area contributed by atoms with Gasteiger partial charge in [-0.25, -0.2) is 4.79 Å². The fourth-order valence-corrected chi connectivity index (χ4v) is 2.72. The lowest BCUT2D eigenvalue weighted by molar-refractivity contribution is -0.142. The number of halogens is 3. The molecule has 1 aliphatic rings. The van der Waals surface area contributed by atoms with Gasteiger partial charge in [-0.05, 0) is 19.3 Å². The zero-order valence-corrected chi connectivity index (χ0v) is 12.0. The van der Waals surface area contributed by atoms with Crippen LogP contribution in [0.2, 0.25) is 0 Å². The monoisotopic (exact) mass is 329 g/mol. The van der Waals surface area contributed by atoms with Gasteiger partial charge in [-0.3, -0.25) is 9.48 Å². The smallest absolute Gasteiger partial charge is 0.349 e. The molecule has 0 unspecified atom stereocenters. The Balaban J connectivity index is 1.70. The van der Waals surface area contributed by atoms with Gasteiger partial charge >= 0.3 is 11.9 Å². The summed E-state index contributed by atoms with van der Waals surface area (Å²) in [6.07, 6.45) is -1.66. The number of hydrogen-bond acceptors (Lipinski definition) is 3. The first kappa shape index (κ1) is 15.4. The van der Waals surface area contributed by atoms with Crippen LogP contribution in [-0.2, 0) is 36.9 Å². The van der Waals surface area contributed by atoms with Gasteiger partial charge < -0.3 is 15.3 Å². The van der Waals surface area contributed by atoms with Gasteiger partial charge in [0, 0.05) is 17.5 Å². The molecule has 0 radical (unpaired) electrons. The number of nitrogens with one attached hydrogen (secondary N) is 3. The second kappa shape index (κ2) is 5.60. The Kier molecular flexibility index (Phi) is 3.74. The predicted octanol–water partition coefficient (Wildman–Crippen LogP) is 0.723. The number of aromatic nitrogens is 4. The molecule has 0 atom stereocenters. The van der Waals surface area contributed by atoms with Gasteiger partial charge in [0.2, 0.25) is 5.91 Å². The molecule has 0 bridgehead atoms. The SMILES string of the molecule is O=C(Cn1nc(C(F)(F)F)c2c1CCC2)NCc1c[nH]c(=O)[nH]1. The normalized spacial score (nSPS) is 14.0. The van der Waals surface area contributed by atoms with Crippen molar-refractivity contribution in [3.63, 3.8) is 0 Å². The molecule has 0 saturated carbocycles. The minimum Gasteiger partial charge on any atom is -0.349 e. The summed E-state index contributed by atoms with van der Waals surface area (Å²) in [5.74, 6) is -0.474. The van der Waals surface area contributed by atoms with Gasteiger partial charge in [0.05, 0.1) is 12.2 Å². The van der Waals surface area contributed by atoms with Crippen molar-refractivity contribution in [1.29, 1.82) is 0 Å². The van der Waals surface area contributed by atoms with Crippen molar-refractivity contribution < 1.29 is 18.0 Å². The maximum atomic E-state index is 13.0. The molecule has 23 heavy (non-hydrogen) atoms. The van der Waals surface area contributed by atoms with Crippen LogP contribution in [0.25, 0.3) is 0 Å². The third kappa shape index (κ3) is 3.15. The van der Waals surface area contributed by atoms with Gasteiger partial charge in [-0.2, -0.15) is 18.3 Å². The van der Waals surface area contributed by atoms with Gasteiger partial charge in [0.15, 0.2) is 5.69 Å². The second-order valence-electron chi connectivity index (χ2n) is 5.33. The van der Waals surface area contributed by atoms with E-state index in [0.29, 0.717) is 30.7 Å². The lowest BCUT2D eigenvalue weighted by atomic mass is 10.2. The van der Waals surface area contributed by atoms with Gasteiger partial charge in [0.1, 0.15) is 6.54 Å². The van der Waals surface area contributed by atoms with E-state index in [9.17, 15) is 22.8 Å². The number of amides is 1. The largest absolute Gasteiger partial charge is 0.435 e. The molecule has 2 aromatic rings. The van der Waals surface area contributed by atoms with E-state index in [1.807, 2.05) is 0 Å². The van der Waals surface area contributed by atoms with E-state index in [1.54, 1.807) is 0 Å². The number of fused-ring (bicyclic) bond motifs is 1. The van der Waals surface area contributed by atoms with E-state index in [-0.39, 0.29) is 18.7 Å². The number of alkyl halides is 3. The number of aromatic amines is 2. The molecule has 1 amide bonds. The minimum atomic E-state index is -4.51. The van der Waals surface area contributed by atoms with Crippen LogP contribution >= 0.6 is 0 Å². The zero-order chi connectivity index (χ0) is 16.6. The Bertz CT molecular complexity index is 786. The second-order valence-corrected chi connectivity index (χ2v) is 5.33. The number of carbonyl (C=O) groups is 1. The molecule has 7 nitrogen and oxygen atoms in total.